The Kier molecular flexibility index (Phi) is 5.67. The van der Waals surface area contributed by atoms with Gasteiger partial charge in [0, 0.05) is 33.0 Å². The molecule has 2 aliphatic carbocycles. The molecule has 2 aliphatic rings. The summed E-state index contributed by atoms with van der Waals surface area (Å²) in [6, 6.07) is 65.1. The van der Waals surface area contributed by atoms with Gasteiger partial charge in [-0.3, -0.25) is 0 Å². The van der Waals surface area contributed by atoms with E-state index in [9.17, 15) is 0 Å². The highest BCUT2D eigenvalue weighted by atomic mass is 16.3. The lowest BCUT2D eigenvalue weighted by atomic mass is 9.64. The number of furan rings is 2. The van der Waals surface area contributed by atoms with E-state index in [2.05, 4.69) is 171 Å². The van der Waals surface area contributed by atoms with E-state index in [-0.39, 0.29) is 5.41 Å². The Morgan fingerprint density at radius 1 is 0.345 bits per heavy atom. The molecule has 12 aromatic rings. The van der Waals surface area contributed by atoms with Crippen LogP contribution in [0.2, 0.25) is 0 Å². The molecule has 1 atom stereocenters. The van der Waals surface area contributed by atoms with E-state index in [1.807, 2.05) is 12.1 Å². The number of rotatable bonds is 2. The molecule has 2 nitrogen and oxygen atoms in total. The van der Waals surface area contributed by atoms with Crippen molar-refractivity contribution in [1.82, 2.24) is 0 Å². The summed E-state index contributed by atoms with van der Waals surface area (Å²) in [5.74, 6) is 0. The first kappa shape index (κ1) is 30.8. The van der Waals surface area contributed by atoms with Gasteiger partial charge in [-0.25, -0.2) is 0 Å². The summed E-state index contributed by atoms with van der Waals surface area (Å²) < 4.78 is 12.8. The topological polar surface area (TPSA) is 26.3 Å². The first-order valence-corrected chi connectivity index (χ1v) is 20.2. The maximum absolute atomic E-state index is 6.56. The molecule has 2 heterocycles. The maximum atomic E-state index is 6.56. The second-order valence-corrected chi connectivity index (χ2v) is 16.4. The molecule has 2 heteroatoms. The van der Waals surface area contributed by atoms with Gasteiger partial charge in [-0.2, -0.15) is 0 Å². The van der Waals surface area contributed by atoms with Gasteiger partial charge in [0.05, 0.1) is 0 Å². The number of hydrogen-bond acceptors (Lipinski definition) is 2. The molecule has 0 saturated heterocycles. The Balaban J connectivity index is 1.16. The van der Waals surface area contributed by atoms with Crippen molar-refractivity contribution >= 4 is 76.2 Å². The van der Waals surface area contributed by atoms with Crippen molar-refractivity contribution in [3.8, 4) is 44.5 Å². The minimum absolute atomic E-state index is 0.350. The third-order valence-electron chi connectivity index (χ3n) is 13.6. The second kappa shape index (κ2) is 10.7. The van der Waals surface area contributed by atoms with E-state index in [4.69, 9.17) is 8.83 Å². The lowest BCUT2D eigenvalue weighted by Crippen LogP contribution is -2.26. The maximum Gasteiger partial charge on any atom is 0.139 e. The Morgan fingerprint density at radius 3 is 1.83 bits per heavy atom. The van der Waals surface area contributed by atoms with E-state index in [1.165, 1.54) is 93.5 Å². The van der Waals surface area contributed by atoms with Crippen molar-refractivity contribution in [2.75, 3.05) is 0 Å². The van der Waals surface area contributed by atoms with Crippen molar-refractivity contribution in [2.45, 2.75) is 12.3 Å². The van der Waals surface area contributed by atoms with E-state index >= 15 is 0 Å². The fourth-order valence-electron chi connectivity index (χ4n) is 11.2. The summed E-state index contributed by atoms with van der Waals surface area (Å²) in [5, 5.41) is 12.1. The Morgan fingerprint density at radius 2 is 0.948 bits per heavy atom. The standard InChI is InChI=1S/C56H32O2/c1-56-46-22-8-6-15-36(46)40-20-11-21-41(55(40)56)53-39-18-5-4-17-38(39)52(45-27-33(28-47(56)54(45)53)35-19-10-13-31-12-2-3-14-34(31)35)32-24-25-49-42(26-32)44-29-43-37-16-7-9-23-48(37)57-50(43)30-51(44)58-49/h2-30H,1H3. The van der Waals surface area contributed by atoms with E-state index in [0.717, 1.165) is 43.9 Å². The summed E-state index contributed by atoms with van der Waals surface area (Å²) in [7, 11) is 0. The van der Waals surface area contributed by atoms with E-state index < -0.39 is 0 Å². The van der Waals surface area contributed by atoms with Crippen molar-refractivity contribution in [1.29, 1.82) is 0 Å². The molecule has 0 radical (unpaired) electrons. The Bertz CT molecular complexity index is 3810. The summed E-state index contributed by atoms with van der Waals surface area (Å²) in [6.45, 7) is 2.48. The molecule has 10 aromatic carbocycles. The molecule has 0 fully saturated rings. The summed E-state index contributed by atoms with van der Waals surface area (Å²) in [5.41, 5.74) is 17.5. The highest BCUT2D eigenvalue weighted by Crippen LogP contribution is 2.63. The number of hydrogen-bond donors (Lipinski definition) is 0. The molecule has 0 bridgehead atoms. The molecule has 0 N–H and O–H groups in total. The molecule has 1 unspecified atom stereocenters. The average Bonchev–Trinajstić information content (AvgIpc) is 3.91. The molecule has 2 aromatic heterocycles. The van der Waals surface area contributed by atoms with Crippen LogP contribution in [0.4, 0.5) is 0 Å². The van der Waals surface area contributed by atoms with Gasteiger partial charge in [0.2, 0.25) is 0 Å². The van der Waals surface area contributed by atoms with Gasteiger partial charge >= 0.3 is 0 Å². The van der Waals surface area contributed by atoms with Crippen LogP contribution in [-0.2, 0) is 5.41 Å². The number of benzene rings is 10. The van der Waals surface area contributed by atoms with Crippen LogP contribution in [0.15, 0.2) is 185 Å². The van der Waals surface area contributed by atoms with Gasteiger partial charge in [-0.15, -0.1) is 0 Å². The minimum atomic E-state index is -0.350. The van der Waals surface area contributed by atoms with Crippen molar-refractivity contribution < 1.29 is 8.83 Å². The lowest BCUT2D eigenvalue weighted by Gasteiger charge is -2.37. The van der Waals surface area contributed by atoms with Crippen molar-refractivity contribution in [3.05, 3.63) is 193 Å². The molecule has 0 spiro atoms. The fraction of sp³-hybridized carbons (Fsp3) is 0.0357. The fourth-order valence-corrected chi connectivity index (χ4v) is 11.2. The van der Waals surface area contributed by atoms with Gasteiger partial charge in [0.25, 0.3) is 0 Å². The summed E-state index contributed by atoms with van der Waals surface area (Å²) in [4.78, 5) is 0. The highest BCUT2D eigenvalue weighted by Gasteiger charge is 2.47. The smallest absolute Gasteiger partial charge is 0.139 e. The predicted molar refractivity (Wildman–Crippen MR) is 241 cm³/mol. The van der Waals surface area contributed by atoms with Crippen LogP contribution in [0.1, 0.15) is 23.6 Å². The SMILES string of the molecule is CC12c3ccccc3-c3cccc(c31)-c1c3ccccc3c(-c3ccc4oc5cc6oc7ccccc7c6cc5c4c3)c3cc(-c4cccc5ccccc45)cc2c13. The van der Waals surface area contributed by atoms with Crippen LogP contribution < -0.4 is 0 Å². The predicted octanol–water partition coefficient (Wildman–Crippen LogP) is 15.6. The zero-order valence-corrected chi connectivity index (χ0v) is 31.6. The minimum Gasteiger partial charge on any atom is -0.456 e. The van der Waals surface area contributed by atoms with Crippen molar-refractivity contribution in [2.24, 2.45) is 0 Å². The number of fused-ring (bicyclic) bond motifs is 14. The van der Waals surface area contributed by atoms with Gasteiger partial charge in [0.1, 0.15) is 22.3 Å². The van der Waals surface area contributed by atoms with Crippen LogP contribution >= 0.6 is 0 Å². The molecule has 58 heavy (non-hydrogen) atoms. The molecule has 0 amide bonds. The average molecular weight is 737 g/mol. The normalized spacial score (nSPS) is 15.4. The van der Waals surface area contributed by atoms with Crippen LogP contribution in [0, 0.1) is 0 Å². The van der Waals surface area contributed by atoms with Gasteiger partial charge in [0.15, 0.2) is 0 Å². The number of para-hydroxylation sites is 1. The monoisotopic (exact) mass is 736 g/mol. The van der Waals surface area contributed by atoms with Gasteiger partial charge in [-0.05, 0) is 137 Å². The molecular weight excluding hydrogens is 705 g/mol. The summed E-state index contributed by atoms with van der Waals surface area (Å²) in [6.07, 6.45) is 0. The van der Waals surface area contributed by atoms with E-state index in [1.54, 1.807) is 0 Å². The second-order valence-electron chi connectivity index (χ2n) is 16.4. The van der Waals surface area contributed by atoms with Gasteiger partial charge in [-0.1, -0.05) is 133 Å². The van der Waals surface area contributed by atoms with Crippen LogP contribution in [-0.4, -0.2) is 0 Å². The quantitative estimate of drug-likeness (QED) is 0.165. The molecule has 0 saturated carbocycles. The lowest BCUT2D eigenvalue weighted by molar-refractivity contribution is 0.656. The Labute approximate surface area is 333 Å². The van der Waals surface area contributed by atoms with Crippen molar-refractivity contribution in [3.63, 3.8) is 0 Å². The Hall–Kier alpha value is -7.42. The zero-order valence-electron chi connectivity index (χ0n) is 31.6. The molecule has 0 aliphatic heterocycles. The van der Waals surface area contributed by atoms with Crippen LogP contribution in [0.3, 0.4) is 0 Å². The first-order chi connectivity index (χ1) is 28.6. The van der Waals surface area contributed by atoms with E-state index in [0.29, 0.717) is 0 Å². The first-order valence-electron chi connectivity index (χ1n) is 20.2. The largest absolute Gasteiger partial charge is 0.456 e. The third kappa shape index (κ3) is 3.74. The highest BCUT2D eigenvalue weighted by molar-refractivity contribution is 6.26. The molecule has 14 rings (SSSR count). The van der Waals surface area contributed by atoms with Crippen LogP contribution in [0.5, 0.6) is 0 Å². The molecule has 268 valence electrons. The summed E-state index contributed by atoms with van der Waals surface area (Å²) >= 11 is 0. The third-order valence-corrected chi connectivity index (χ3v) is 13.6. The molecular formula is C56H32O2. The van der Waals surface area contributed by atoms with Gasteiger partial charge < -0.3 is 8.83 Å². The zero-order chi connectivity index (χ0) is 37.9. The van der Waals surface area contributed by atoms with Crippen LogP contribution in [0.25, 0.3) is 121 Å².